The topological polar surface area (TPSA) is 72.7 Å². The molecule has 0 aliphatic rings. The lowest BCUT2D eigenvalue weighted by atomic mass is 10.2. The molecule has 1 amide bonds. The van der Waals surface area contributed by atoms with Gasteiger partial charge >= 0.3 is 0 Å². The summed E-state index contributed by atoms with van der Waals surface area (Å²) in [7, 11) is 0. The molecular weight excluding hydrogens is 298 g/mol. The monoisotopic (exact) mass is 319 g/mol. The van der Waals surface area contributed by atoms with E-state index in [2.05, 4.69) is 27.8 Å². The quantitative estimate of drug-likeness (QED) is 0.793. The zero-order valence-electron chi connectivity index (χ0n) is 13.1. The number of nitrogens with one attached hydrogen (secondary N) is 1. The molecule has 7 heteroatoms. The minimum atomic E-state index is 0.00489. The molecule has 118 valence electrons. The summed E-state index contributed by atoms with van der Waals surface area (Å²) in [6.07, 6.45) is 2.04. The Labute approximate surface area is 134 Å². The van der Waals surface area contributed by atoms with Crippen LogP contribution in [0.2, 0.25) is 0 Å². The molecule has 0 radical (unpaired) electrons. The normalized spacial score (nSPS) is 12.1. The Morgan fingerprint density at radius 1 is 1.41 bits per heavy atom. The highest BCUT2D eigenvalue weighted by Gasteiger charge is 2.13. The van der Waals surface area contributed by atoms with E-state index in [-0.39, 0.29) is 11.9 Å². The Balaban J connectivity index is 1.99. The van der Waals surface area contributed by atoms with Crippen LogP contribution in [-0.2, 0) is 4.79 Å². The van der Waals surface area contributed by atoms with Crippen LogP contribution in [0.5, 0.6) is 0 Å². The number of thioether (sulfide) groups is 1. The molecule has 1 atom stereocenters. The van der Waals surface area contributed by atoms with Crippen LogP contribution in [0.3, 0.4) is 0 Å². The van der Waals surface area contributed by atoms with Crippen LogP contribution in [0.1, 0.15) is 32.3 Å². The molecule has 0 saturated heterocycles. The summed E-state index contributed by atoms with van der Waals surface area (Å²) in [5, 5.41) is 15.3. The number of nitrogens with zero attached hydrogens (tertiary/aromatic N) is 4. The molecule has 1 aromatic carbocycles. The minimum Gasteiger partial charge on any atom is -0.353 e. The Kier molecular flexibility index (Phi) is 5.94. The molecule has 22 heavy (non-hydrogen) atoms. The summed E-state index contributed by atoms with van der Waals surface area (Å²) >= 11 is 1.34. The second-order valence-electron chi connectivity index (χ2n) is 5.21. The summed E-state index contributed by atoms with van der Waals surface area (Å²) in [6, 6.07) is 8.07. The van der Waals surface area contributed by atoms with Crippen molar-refractivity contribution < 1.29 is 4.79 Å². The van der Waals surface area contributed by atoms with Crippen molar-refractivity contribution in [2.24, 2.45) is 0 Å². The van der Waals surface area contributed by atoms with Crippen molar-refractivity contribution in [1.82, 2.24) is 25.5 Å². The highest BCUT2D eigenvalue weighted by Crippen LogP contribution is 2.20. The van der Waals surface area contributed by atoms with E-state index in [0.29, 0.717) is 10.9 Å². The zero-order chi connectivity index (χ0) is 15.9. The Morgan fingerprint density at radius 3 is 2.91 bits per heavy atom. The minimum absolute atomic E-state index is 0.00489. The van der Waals surface area contributed by atoms with Gasteiger partial charge in [-0.1, -0.05) is 43.3 Å². The maximum Gasteiger partial charge on any atom is 0.230 e. The van der Waals surface area contributed by atoms with Gasteiger partial charge in [-0.05, 0) is 42.3 Å². The standard InChI is InChI=1S/C15H21N5OS/c1-4-7-12(3)16-14(21)10-22-15-17-18-19-20(15)13-9-6-5-8-11(13)2/h5-6,8-9,12H,4,7,10H2,1-3H3,(H,16,21)/t12-/m1/s1. The number of hydrogen-bond acceptors (Lipinski definition) is 5. The molecular formula is C15H21N5OS. The Morgan fingerprint density at radius 2 is 2.18 bits per heavy atom. The first-order valence-corrected chi connectivity index (χ1v) is 8.37. The number of aryl methyl sites for hydroxylation is 1. The maximum atomic E-state index is 11.9. The van der Waals surface area contributed by atoms with E-state index in [1.165, 1.54) is 11.8 Å². The summed E-state index contributed by atoms with van der Waals surface area (Å²) in [6.45, 7) is 6.13. The molecule has 0 fully saturated rings. The van der Waals surface area contributed by atoms with Gasteiger partial charge in [0.25, 0.3) is 0 Å². The van der Waals surface area contributed by atoms with E-state index in [9.17, 15) is 4.79 Å². The van der Waals surface area contributed by atoms with Gasteiger partial charge in [-0.15, -0.1) is 5.10 Å². The van der Waals surface area contributed by atoms with Gasteiger partial charge in [0.05, 0.1) is 11.4 Å². The summed E-state index contributed by atoms with van der Waals surface area (Å²) in [4.78, 5) is 11.9. The lowest BCUT2D eigenvalue weighted by molar-refractivity contribution is -0.119. The van der Waals surface area contributed by atoms with Gasteiger partial charge in [0.2, 0.25) is 11.1 Å². The fourth-order valence-electron chi connectivity index (χ4n) is 2.17. The van der Waals surface area contributed by atoms with Crippen LogP contribution in [-0.4, -0.2) is 37.9 Å². The summed E-state index contributed by atoms with van der Waals surface area (Å²) in [5.74, 6) is 0.311. The van der Waals surface area contributed by atoms with Crippen molar-refractivity contribution >= 4 is 17.7 Å². The lowest BCUT2D eigenvalue weighted by Crippen LogP contribution is -2.33. The Hall–Kier alpha value is -1.89. The predicted octanol–water partition coefficient (Wildman–Crippen LogP) is 2.37. The van der Waals surface area contributed by atoms with Crippen LogP contribution >= 0.6 is 11.8 Å². The van der Waals surface area contributed by atoms with Gasteiger partial charge in [0.1, 0.15) is 0 Å². The van der Waals surface area contributed by atoms with Crippen LogP contribution in [0.25, 0.3) is 5.69 Å². The second kappa shape index (κ2) is 7.93. The van der Waals surface area contributed by atoms with Gasteiger partial charge in [-0.2, -0.15) is 4.68 Å². The number of rotatable bonds is 7. The van der Waals surface area contributed by atoms with E-state index < -0.39 is 0 Å². The predicted molar refractivity (Wildman–Crippen MR) is 87.1 cm³/mol. The average molecular weight is 319 g/mol. The highest BCUT2D eigenvalue weighted by molar-refractivity contribution is 7.99. The van der Waals surface area contributed by atoms with E-state index in [0.717, 1.165) is 24.1 Å². The first kappa shape index (κ1) is 16.5. The summed E-state index contributed by atoms with van der Waals surface area (Å²) < 4.78 is 1.67. The van der Waals surface area contributed by atoms with Gasteiger partial charge < -0.3 is 5.32 Å². The molecule has 0 unspecified atom stereocenters. The highest BCUT2D eigenvalue weighted by atomic mass is 32.2. The number of benzene rings is 1. The number of hydrogen-bond donors (Lipinski definition) is 1. The zero-order valence-corrected chi connectivity index (χ0v) is 13.9. The Bertz CT molecular complexity index is 628. The molecule has 2 aromatic rings. The van der Waals surface area contributed by atoms with Crippen molar-refractivity contribution in [2.75, 3.05) is 5.75 Å². The van der Waals surface area contributed by atoms with Gasteiger partial charge in [0.15, 0.2) is 0 Å². The van der Waals surface area contributed by atoms with E-state index in [4.69, 9.17) is 0 Å². The van der Waals surface area contributed by atoms with Crippen LogP contribution < -0.4 is 5.32 Å². The molecule has 1 heterocycles. The van der Waals surface area contributed by atoms with Gasteiger partial charge in [0, 0.05) is 6.04 Å². The first-order chi connectivity index (χ1) is 10.6. The smallest absolute Gasteiger partial charge is 0.230 e. The summed E-state index contributed by atoms with van der Waals surface area (Å²) in [5.41, 5.74) is 2.01. The third kappa shape index (κ3) is 4.30. The third-order valence-corrected chi connectivity index (χ3v) is 4.17. The average Bonchev–Trinajstić information content (AvgIpc) is 2.94. The number of carbonyl (C=O) groups excluding carboxylic acids is 1. The second-order valence-corrected chi connectivity index (χ2v) is 6.15. The van der Waals surface area contributed by atoms with Crippen molar-refractivity contribution in [2.45, 2.75) is 44.8 Å². The van der Waals surface area contributed by atoms with Crippen LogP contribution in [0, 0.1) is 6.92 Å². The van der Waals surface area contributed by atoms with Crippen LogP contribution in [0.15, 0.2) is 29.4 Å². The third-order valence-electron chi connectivity index (χ3n) is 3.25. The van der Waals surface area contributed by atoms with Gasteiger partial charge in [-0.25, -0.2) is 0 Å². The number of para-hydroxylation sites is 1. The molecule has 6 nitrogen and oxygen atoms in total. The lowest BCUT2D eigenvalue weighted by Gasteiger charge is -2.12. The van der Waals surface area contributed by atoms with Crippen LogP contribution in [0.4, 0.5) is 0 Å². The van der Waals surface area contributed by atoms with Crippen molar-refractivity contribution in [3.05, 3.63) is 29.8 Å². The maximum absolute atomic E-state index is 11.9. The van der Waals surface area contributed by atoms with Crippen molar-refractivity contribution in [3.8, 4) is 5.69 Å². The molecule has 0 spiro atoms. The van der Waals surface area contributed by atoms with Crippen molar-refractivity contribution in [1.29, 1.82) is 0 Å². The molecule has 0 bridgehead atoms. The number of amides is 1. The molecule has 0 aliphatic heterocycles. The molecule has 1 N–H and O–H groups in total. The fourth-order valence-corrected chi connectivity index (χ4v) is 2.87. The van der Waals surface area contributed by atoms with E-state index in [1.807, 2.05) is 38.1 Å². The molecule has 1 aromatic heterocycles. The molecule has 2 rings (SSSR count). The molecule has 0 saturated carbocycles. The van der Waals surface area contributed by atoms with E-state index >= 15 is 0 Å². The number of tetrazole rings is 1. The van der Waals surface area contributed by atoms with Gasteiger partial charge in [-0.3, -0.25) is 4.79 Å². The fraction of sp³-hybridized carbons (Fsp3) is 0.467. The van der Waals surface area contributed by atoms with E-state index in [1.54, 1.807) is 4.68 Å². The molecule has 0 aliphatic carbocycles. The van der Waals surface area contributed by atoms with Crippen molar-refractivity contribution in [3.63, 3.8) is 0 Å². The first-order valence-electron chi connectivity index (χ1n) is 7.38. The number of aromatic nitrogens is 4. The number of carbonyl (C=O) groups is 1. The SMILES string of the molecule is CCC[C@@H](C)NC(=O)CSc1nnnn1-c1ccccc1C. The largest absolute Gasteiger partial charge is 0.353 e.